The minimum Gasteiger partial charge on any atom is -0.204 e. The number of nitrogens with zero attached hydrogens (tertiary/aromatic N) is 3. The van der Waals surface area contributed by atoms with Gasteiger partial charge in [-0.3, -0.25) is 0 Å². The third kappa shape index (κ3) is 1.54. The summed E-state index contributed by atoms with van der Waals surface area (Å²) >= 11 is 2.75. The minimum absolute atomic E-state index is 0.0244. The summed E-state index contributed by atoms with van der Waals surface area (Å²) in [5, 5.41) is 3.14. The lowest BCUT2D eigenvalue weighted by molar-refractivity contribution is 0.504. The molecule has 0 radical (unpaired) electrons. The highest BCUT2D eigenvalue weighted by atomic mass is 79.9. The van der Waals surface area contributed by atoms with E-state index in [1.165, 1.54) is 6.07 Å². The third-order valence-corrected chi connectivity index (χ3v) is 1.92. The fourth-order valence-electron chi connectivity index (χ4n) is 0.641. The Morgan fingerprint density at radius 1 is 1.42 bits per heavy atom. The molecule has 3 nitrogen and oxygen atoms in total. The second-order valence-electron chi connectivity index (χ2n) is 1.88. The van der Waals surface area contributed by atoms with Gasteiger partial charge in [0.05, 0.1) is 10.2 Å². The molecular weight excluding hydrogens is 232 g/mol. The Labute approximate surface area is 74.8 Å². The summed E-state index contributed by atoms with van der Waals surface area (Å²) < 4.78 is 25.0. The lowest BCUT2D eigenvalue weighted by Gasteiger charge is -1.98. The fraction of sp³-hybridized carbons (Fsp3) is 0. The summed E-state index contributed by atoms with van der Waals surface area (Å²) in [5.41, 5.74) is 8.05. The predicted molar refractivity (Wildman–Crippen MR) is 42.9 cm³/mol. The van der Waals surface area contributed by atoms with E-state index in [2.05, 4.69) is 26.0 Å². The van der Waals surface area contributed by atoms with Crippen molar-refractivity contribution in [2.45, 2.75) is 0 Å². The number of hydrogen-bond donors (Lipinski definition) is 0. The van der Waals surface area contributed by atoms with E-state index in [1.54, 1.807) is 0 Å². The van der Waals surface area contributed by atoms with E-state index in [0.29, 0.717) is 0 Å². The highest BCUT2D eigenvalue weighted by Gasteiger charge is 2.08. The molecule has 0 saturated heterocycles. The van der Waals surface area contributed by atoms with Crippen LogP contribution in [0.15, 0.2) is 21.7 Å². The maximum absolute atomic E-state index is 12.7. The molecule has 0 amide bonds. The quantitative estimate of drug-likeness (QED) is 0.308. The van der Waals surface area contributed by atoms with Gasteiger partial charge in [-0.05, 0) is 33.6 Å². The van der Waals surface area contributed by atoms with Crippen LogP contribution in [0.3, 0.4) is 0 Å². The second kappa shape index (κ2) is 3.51. The Bertz CT molecular complexity index is 360. The molecular formula is C6H2BrF2N3. The Balaban J connectivity index is 3.35. The molecule has 0 spiro atoms. The Hall–Kier alpha value is -1.13. The average molecular weight is 234 g/mol. The topological polar surface area (TPSA) is 48.8 Å². The molecule has 0 N–H and O–H groups in total. The molecule has 0 fully saturated rings. The van der Waals surface area contributed by atoms with E-state index < -0.39 is 11.6 Å². The van der Waals surface area contributed by atoms with Crippen molar-refractivity contribution < 1.29 is 8.78 Å². The van der Waals surface area contributed by atoms with Gasteiger partial charge in [0.1, 0.15) is 0 Å². The first-order valence-corrected chi connectivity index (χ1v) is 3.64. The van der Waals surface area contributed by atoms with Crippen molar-refractivity contribution in [3.05, 3.63) is 38.7 Å². The molecule has 0 bridgehead atoms. The van der Waals surface area contributed by atoms with E-state index in [9.17, 15) is 8.78 Å². The van der Waals surface area contributed by atoms with Gasteiger partial charge in [0.25, 0.3) is 0 Å². The van der Waals surface area contributed by atoms with Gasteiger partial charge >= 0.3 is 0 Å². The number of azide groups is 1. The van der Waals surface area contributed by atoms with Crippen molar-refractivity contribution in [3.8, 4) is 0 Å². The molecule has 0 aliphatic heterocycles. The van der Waals surface area contributed by atoms with Crippen LogP contribution in [0.2, 0.25) is 0 Å². The van der Waals surface area contributed by atoms with Gasteiger partial charge in [0.15, 0.2) is 11.6 Å². The molecule has 6 heteroatoms. The molecule has 0 aromatic heterocycles. The van der Waals surface area contributed by atoms with Gasteiger partial charge in [0, 0.05) is 4.91 Å². The zero-order valence-corrected chi connectivity index (χ0v) is 7.22. The summed E-state index contributed by atoms with van der Waals surface area (Å²) in [6, 6.07) is 2.08. The van der Waals surface area contributed by atoms with Crippen molar-refractivity contribution in [2.24, 2.45) is 5.11 Å². The van der Waals surface area contributed by atoms with Crippen LogP contribution in [0, 0.1) is 11.6 Å². The van der Waals surface area contributed by atoms with Crippen molar-refractivity contribution in [1.82, 2.24) is 0 Å². The molecule has 0 saturated carbocycles. The van der Waals surface area contributed by atoms with Gasteiger partial charge in [-0.15, -0.1) is 0 Å². The van der Waals surface area contributed by atoms with Crippen molar-refractivity contribution in [2.75, 3.05) is 0 Å². The number of benzene rings is 1. The van der Waals surface area contributed by atoms with Crippen LogP contribution in [0.1, 0.15) is 0 Å². The monoisotopic (exact) mass is 233 g/mol. The normalized spacial score (nSPS) is 9.25. The zero-order valence-electron chi connectivity index (χ0n) is 5.63. The minimum atomic E-state index is -1.06. The largest absolute Gasteiger partial charge is 0.204 e. The van der Waals surface area contributed by atoms with E-state index in [-0.39, 0.29) is 10.2 Å². The van der Waals surface area contributed by atoms with E-state index in [4.69, 9.17) is 5.53 Å². The van der Waals surface area contributed by atoms with Gasteiger partial charge in [-0.2, -0.15) is 0 Å². The average Bonchev–Trinajstić information content (AvgIpc) is 2.07. The van der Waals surface area contributed by atoms with Gasteiger partial charge in [0.2, 0.25) is 0 Å². The first-order chi connectivity index (χ1) is 5.66. The molecule has 12 heavy (non-hydrogen) atoms. The molecule has 62 valence electrons. The lowest BCUT2D eigenvalue weighted by Crippen LogP contribution is -1.84. The van der Waals surface area contributed by atoms with Crippen molar-refractivity contribution >= 4 is 21.6 Å². The summed E-state index contributed by atoms with van der Waals surface area (Å²) in [4.78, 5) is 2.44. The smallest absolute Gasteiger partial charge is 0.173 e. The summed E-state index contributed by atoms with van der Waals surface area (Å²) in [7, 11) is 0. The Kier molecular flexibility index (Phi) is 2.62. The van der Waals surface area contributed by atoms with Crippen LogP contribution < -0.4 is 0 Å². The first kappa shape index (κ1) is 8.96. The van der Waals surface area contributed by atoms with Gasteiger partial charge < -0.3 is 0 Å². The van der Waals surface area contributed by atoms with Crippen LogP contribution in [0.5, 0.6) is 0 Å². The molecule has 0 atom stereocenters. The maximum atomic E-state index is 12.7. The Morgan fingerprint density at radius 2 is 2.08 bits per heavy atom. The first-order valence-electron chi connectivity index (χ1n) is 2.85. The molecule has 0 unspecified atom stereocenters. The van der Waals surface area contributed by atoms with Crippen molar-refractivity contribution in [1.29, 1.82) is 0 Å². The SMILES string of the molecule is [N-]=[N+]=Nc1ccc(F)c(F)c1Br. The Morgan fingerprint density at radius 3 is 2.67 bits per heavy atom. The van der Waals surface area contributed by atoms with Crippen LogP contribution in [-0.2, 0) is 0 Å². The van der Waals surface area contributed by atoms with E-state index in [0.717, 1.165) is 6.07 Å². The second-order valence-corrected chi connectivity index (χ2v) is 2.68. The van der Waals surface area contributed by atoms with Crippen LogP contribution in [0.25, 0.3) is 10.4 Å². The molecule has 0 aliphatic rings. The predicted octanol–water partition coefficient (Wildman–Crippen LogP) is 3.67. The zero-order chi connectivity index (χ0) is 9.14. The number of hydrogen-bond acceptors (Lipinski definition) is 1. The third-order valence-electron chi connectivity index (χ3n) is 1.17. The maximum Gasteiger partial charge on any atom is 0.173 e. The summed E-state index contributed by atoms with van der Waals surface area (Å²) in [6.07, 6.45) is 0. The van der Waals surface area contributed by atoms with Crippen LogP contribution in [0.4, 0.5) is 14.5 Å². The number of halogens is 3. The standard InChI is InChI=1S/C6H2BrF2N3/c7-5-4(11-12-10)2-1-3(8)6(5)9/h1-2H. The molecule has 0 heterocycles. The highest BCUT2D eigenvalue weighted by molar-refractivity contribution is 9.10. The van der Waals surface area contributed by atoms with Crippen LogP contribution in [-0.4, -0.2) is 0 Å². The number of rotatable bonds is 1. The fourth-order valence-corrected chi connectivity index (χ4v) is 1.04. The highest BCUT2D eigenvalue weighted by Crippen LogP contribution is 2.29. The van der Waals surface area contributed by atoms with Crippen molar-refractivity contribution in [3.63, 3.8) is 0 Å². The summed E-state index contributed by atoms with van der Waals surface area (Å²) in [6.45, 7) is 0. The van der Waals surface area contributed by atoms with Gasteiger partial charge in [-0.1, -0.05) is 5.11 Å². The molecule has 1 rings (SSSR count). The van der Waals surface area contributed by atoms with E-state index in [1.807, 2.05) is 0 Å². The van der Waals surface area contributed by atoms with Crippen LogP contribution >= 0.6 is 15.9 Å². The molecule has 1 aromatic carbocycles. The summed E-state index contributed by atoms with van der Waals surface area (Å²) in [5.74, 6) is -2.04. The van der Waals surface area contributed by atoms with Gasteiger partial charge in [-0.25, -0.2) is 8.78 Å². The molecule has 1 aromatic rings. The van der Waals surface area contributed by atoms with E-state index >= 15 is 0 Å². The lowest BCUT2D eigenvalue weighted by atomic mass is 10.3. The molecule has 0 aliphatic carbocycles.